The molecule has 0 saturated carbocycles. The van der Waals surface area contributed by atoms with Crippen LogP contribution in [0, 0.1) is 0 Å². The molecule has 11 nitrogen and oxygen atoms in total. The summed E-state index contributed by atoms with van der Waals surface area (Å²) < 4.78 is 34.2. The molecule has 4 N–H and O–H groups in total. The molecule has 220 valence electrons. The Morgan fingerprint density at radius 3 is 2.27 bits per heavy atom. The Hall–Kier alpha value is -3.29. The van der Waals surface area contributed by atoms with Gasteiger partial charge in [0.15, 0.2) is 6.10 Å². The number of halogens is 2. The second kappa shape index (κ2) is 14.4. The number of carboxylic acids is 1. The number of unbranched alkanes of at least 4 members (excludes halogenated alkanes) is 8. The van der Waals surface area contributed by atoms with Gasteiger partial charge in [-0.15, -0.1) is 0 Å². The Kier molecular flexibility index (Phi) is 11.2. The van der Waals surface area contributed by atoms with E-state index in [1.165, 1.54) is 38.2 Å². The topological polar surface area (TPSA) is 164 Å². The van der Waals surface area contributed by atoms with Gasteiger partial charge in [-0.3, -0.25) is 9.36 Å². The Morgan fingerprint density at radius 2 is 1.70 bits per heavy atom. The van der Waals surface area contributed by atoms with Crippen LogP contribution in [0.15, 0.2) is 29.2 Å². The zero-order valence-corrected chi connectivity index (χ0v) is 22.4. The number of hydrogen-bond acceptors (Lipinski definition) is 8. The van der Waals surface area contributed by atoms with Crippen LogP contribution in [0.5, 0.6) is 0 Å². The lowest BCUT2D eigenvalue weighted by atomic mass is 10.0. The van der Waals surface area contributed by atoms with Crippen molar-refractivity contribution >= 4 is 17.7 Å². The Labute approximate surface area is 230 Å². The summed E-state index contributed by atoms with van der Waals surface area (Å²) in [7, 11) is 0. The molecule has 0 bridgehead atoms. The smallest absolute Gasteiger partial charge is 0.351 e. The predicted octanol–water partition coefficient (Wildman–Crippen LogP) is 3.55. The SMILES string of the molecule is CCCCCCCCCCCc1ccc(C(=O)O)c(C(=O)Nc2ccn([C@@H]3O[C@H](CO)[C@@H](O)C3(F)F)c(=O)n2)n1. The van der Waals surface area contributed by atoms with Gasteiger partial charge < -0.3 is 25.4 Å². The van der Waals surface area contributed by atoms with E-state index >= 15 is 0 Å². The molecule has 1 amide bonds. The van der Waals surface area contributed by atoms with E-state index in [-0.39, 0.29) is 17.1 Å². The molecular weight excluding hydrogens is 530 g/mol. The van der Waals surface area contributed by atoms with E-state index in [2.05, 4.69) is 22.2 Å². The molecule has 1 aliphatic rings. The average Bonchev–Trinajstić information content (AvgIpc) is 3.15. The van der Waals surface area contributed by atoms with Crippen molar-refractivity contribution in [3.05, 3.63) is 51.8 Å². The van der Waals surface area contributed by atoms with Gasteiger partial charge >= 0.3 is 17.6 Å². The van der Waals surface area contributed by atoms with Gasteiger partial charge in [0.2, 0.25) is 6.23 Å². The number of nitrogens with zero attached hydrogens (tertiary/aromatic N) is 3. The largest absolute Gasteiger partial charge is 0.478 e. The lowest BCUT2D eigenvalue weighted by molar-refractivity contribution is -0.140. The van der Waals surface area contributed by atoms with Crippen LogP contribution in [0.4, 0.5) is 14.6 Å². The molecule has 13 heteroatoms. The van der Waals surface area contributed by atoms with Crippen molar-refractivity contribution < 1.29 is 38.4 Å². The first-order valence-corrected chi connectivity index (χ1v) is 13.6. The van der Waals surface area contributed by atoms with Gasteiger partial charge in [-0.2, -0.15) is 13.8 Å². The van der Waals surface area contributed by atoms with E-state index in [1.54, 1.807) is 6.07 Å². The number of aliphatic hydroxyl groups is 2. The monoisotopic (exact) mass is 566 g/mol. The highest BCUT2D eigenvalue weighted by atomic mass is 19.3. The van der Waals surface area contributed by atoms with Crippen molar-refractivity contribution in [1.82, 2.24) is 14.5 Å². The number of aromatic carboxylic acids is 1. The lowest BCUT2D eigenvalue weighted by Crippen LogP contribution is -2.41. The molecule has 2 aromatic rings. The normalized spacial score (nSPS) is 20.0. The van der Waals surface area contributed by atoms with Gasteiger partial charge in [-0.1, -0.05) is 58.3 Å². The summed E-state index contributed by atoms with van der Waals surface area (Å²) in [5.74, 6) is -6.52. The maximum Gasteiger partial charge on any atom is 0.351 e. The molecule has 40 heavy (non-hydrogen) atoms. The second-order valence-electron chi connectivity index (χ2n) is 9.87. The van der Waals surface area contributed by atoms with Crippen molar-refractivity contribution in [2.45, 2.75) is 95.5 Å². The van der Waals surface area contributed by atoms with E-state index in [9.17, 15) is 33.4 Å². The summed E-state index contributed by atoms with van der Waals surface area (Å²) in [6.07, 6.45) is 5.52. The molecule has 0 aromatic carbocycles. The molecule has 3 heterocycles. The Balaban J connectivity index is 1.64. The van der Waals surface area contributed by atoms with Crippen LogP contribution in [0.3, 0.4) is 0 Å². The van der Waals surface area contributed by atoms with Gasteiger partial charge in [0.1, 0.15) is 17.6 Å². The van der Waals surface area contributed by atoms with Crippen LogP contribution in [0.2, 0.25) is 0 Å². The second-order valence-corrected chi connectivity index (χ2v) is 9.87. The molecule has 0 radical (unpaired) electrons. The number of amides is 1. The van der Waals surface area contributed by atoms with E-state index in [4.69, 9.17) is 9.84 Å². The fraction of sp³-hybridized carbons (Fsp3) is 0.593. The van der Waals surface area contributed by atoms with Crippen molar-refractivity contribution in [3.63, 3.8) is 0 Å². The summed E-state index contributed by atoms with van der Waals surface area (Å²) >= 11 is 0. The molecule has 1 fully saturated rings. The van der Waals surface area contributed by atoms with Crippen molar-refractivity contribution in [2.24, 2.45) is 0 Å². The molecule has 0 aliphatic carbocycles. The number of carboxylic acid groups (broad SMARTS) is 1. The number of nitrogens with one attached hydrogen (secondary N) is 1. The first-order chi connectivity index (χ1) is 19.1. The number of rotatable bonds is 15. The quantitative estimate of drug-likeness (QED) is 0.236. The minimum atomic E-state index is -3.89. The first kappa shape index (κ1) is 31.2. The number of carbonyl (C=O) groups excluding carboxylic acids is 1. The zero-order valence-electron chi connectivity index (χ0n) is 22.4. The van der Waals surface area contributed by atoms with Crippen LogP contribution < -0.4 is 11.0 Å². The van der Waals surface area contributed by atoms with E-state index in [0.717, 1.165) is 37.9 Å². The number of pyridine rings is 1. The summed E-state index contributed by atoms with van der Waals surface area (Å²) in [6, 6.07) is 3.89. The molecule has 3 rings (SSSR count). The minimum Gasteiger partial charge on any atom is -0.478 e. The molecule has 2 aromatic heterocycles. The van der Waals surface area contributed by atoms with Gasteiger partial charge in [0.05, 0.1) is 12.2 Å². The highest BCUT2D eigenvalue weighted by Gasteiger charge is 2.59. The van der Waals surface area contributed by atoms with Gasteiger partial charge in [0, 0.05) is 11.9 Å². The van der Waals surface area contributed by atoms with Crippen molar-refractivity contribution in [1.29, 1.82) is 0 Å². The highest BCUT2D eigenvalue weighted by Crippen LogP contribution is 2.42. The number of anilines is 1. The number of carbonyl (C=O) groups is 2. The lowest BCUT2D eigenvalue weighted by Gasteiger charge is -2.21. The Bertz CT molecular complexity index is 1220. The fourth-order valence-electron chi connectivity index (χ4n) is 4.56. The van der Waals surface area contributed by atoms with Gasteiger partial charge in [0.25, 0.3) is 5.91 Å². The fourth-order valence-corrected chi connectivity index (χ4v) is 4.56. The van der Waals surface area contributed by atoms with E-state index in [0.29, 0.717) is 16.7 Å². The maximum atomic E-state index is 14.4. The van der Waals surface area contributed by atoms with E-state index < -0.39 is 48.5 Å². The number of hydrogen-bond donors (Lipinski definition) is 4. The molecule has 3 atom stereocenters. The maximum absolute atomic E-state index is 14.4. The van der Waals surface area contributed by atoms with Crippen LogP contribution in [0.1, 0.15) is 97.5 Å². The van der Waals surface area contributed by atoms with Crippen LogP contribution in [-0.4, -0.2) is 66.5 Å². The van der Waals surface area contributed by atoms with Crippen LogP contribution in [0.25, 0.3) is 0 Å². The molecule has 1 saturated heterocycles. The zero-order chi connectivity index (χ0) is 29.3. The average molecular weight is 567 g/mol. The van der Waals surface area contributed by atoms with Crippen LogP contribution >= 0.6 is 0 Å². The predicted molar refractivity (Wildman–Crippen MR) is 141 cm³/mol. The Morgan fingerprint density at radius 1 is 1.05 bits per heavy atom. The molecule has 0 unspecified atom stereocenters. The first-order valence-electron chi connectivity index (χ1n) is 13.6. The third-order valence-electron chi connectivity index (χ3n) is 6.82. The number of aromatic nitrogens is 3. The summed E-state index contributed by atoms with van der Waals surface area (Å²) in [5, 5.41) is 30.6. The summed E-state index contributed by atoms with van der Waals surface area (Å²) in [5.41, 5.74) is -1.39. The number of alkyl halides is 2. The minimum absolute atomic E-state index is 0.325. The van der Waals surface area contributed by atoms with Gasteiger partial charge in [-0.05, 0) is 31.0 Å². The van der Waals surface area contributed by atoms with E-state index in [1.807, 2.05) is 0 Å². The summed E-state index contributed by atoms with van der Waals surface area (Å²) in [6.45, 7) is 1.29. The van der Waals surface area contributed by atoms with Gasteiger partial charge in [-0.25, -0.2) is 14.6 Å². The third-order valence-corrected chi connectivity index (χ3v) is 6.82. The number of ether oxygens (including phenoxy) is 1. The van der Waals surface area contributed by atoms with Crippen LogP contribution in [-0.2, 0) is 11.2 Å². The molecule has 1 aliphatic heterocycles. The van der Waals surface area contributed by atoms with Crippen molar-refractivity contribution in [3.8, 4) is 0 Å². The standard InChI is InChI=1S/C27H36F2N4O7/c1-2-3-4-5-6-7-8-9-10-11-17-12-13-18(24(37)38)21(30-17)23(36)31-20-14-15-33(26(39)32-20)25-27(28,29)22(35)19(16-34)40-25/h12-15,19,22,25,34-35H,2-11,16H2,1H3,(H,37,38)(H,31,32,36,39)/t19-,22-,25-/m1/s1. The number of aryl methyl sites for hydroxylation is 1. The number of aliphatic hydroxyl groups excluding tert-OH is 2. The van der Waals surface area contributed by atoms with Crippen molar-refractivity contribution in [2.75, 3.05) is 11.9 Å². The summed E-state index contributed by atoms with van der Waals surface area (Å²) in [4.78, 5) is 44.8. The third kappa shape index (κ3) is 7.67. The molecular formula is C27H36F2N4O7. The highest BCUT2D eigenvalue weighted by molar-refractivity contribution is 6.09. The molecule has 0 spiro atoms.